The van der Waals surface area contributed by atoms with E-state index in [0.29, 0.717) is 18.4 Å². The van der Waals surface area contributed by atoms with Gasteiger partial charge in [0.05, 0.1) is 6.10 Å². The van der Waals surface area contributed by atoms with Crippen molar-refractivity contribution in [2.24, 2.45) is 0 Å². The van der Waals surface area contributed by atoms with Crippen molar-refractivity contribution in [1.82, 2.24) is 24.9 Å². The molecule has 2 aliphatic heterocycles. The third-order valence-corrected chi connectivity index (χ3v) is 7.75. The molecule has 10 heteroatoms. The zero-order chi connectivity index (χ0) is 27.3. The molecule has 0 spiro atoms. The highest BCUT2D eigenvalue weighted by atomic mass is 16.3. The van der Waals surface area contributed by atoms with Crippen molar-refractivity contribution in [3.8, 4) is 0 Å². The minimum Gasteiger partial charge on any atom is -0.391 e. The van der Waals surface area contributed by atoms with Crippen LogP contribution in [0.25, 0.3) is 0 Å². The van der Waals surface area contributed by atoms with Crippen LogP contribution in [-0.2, 0) is 0 Å². The smallest absolute Gasteiger partial charge is 0.231 e. The van der Waals surface area contributed by atoms with Crippen LogP contribution in [0.1, 0.15) is 36.8 Å². The molecule has 0 amide bonds. The summed E-state index contributed by atoms with van der Waals surface area (Å²) in [5.41, 5.74) is 4.39. The SMILES string of the molecule is CC(c1ccccc1)c1cnc(N2CCN(c3ncnc(Nc4ccc(N5CCCC(O)C5)cc4)n3)CC2)nc1. The first-order valence-corrected chi connectivity index (χ1v) is 14.0. The van der Waals surface area contributed by atoms with Crippen LogP contribution in [-0.4, -0.2) is 75.4 Å². The van der Waals surface area contributed by atoms with E-state index < -0.39 is 0 Å². The Labute approximate surface area is 234 Å². The summed E-state index contributed by atoms with van der Waals surface area (Å²) >= 11 is 0. The Morgan fingerprint density at radius 2 is 1.48 bits per heavy atom. The summed E-state index contributed by atoms with van der Waals surface area (Å²) in [6.45, 7) is 6.95. The number of rotatable bonds is 7. The summed E-state index contributed by atoms with van der Waals surface area (Å²) in [4.78, 5) is 29.4. The maximum absolute atomic E-state index is 9.97. The van der Waals surface area contributed by atoms with Crippen LogP contribution in [0.2, 0.25) is 0 Å². The summed E-state index contributed by atoms with van der Waals surface area (Å²) in [6, 6.07) is 18.6. The Kier molecular flexibility index (Phi) is 7.67. The third-order valence-electron chi connectivity index (χ3n) is 7.75. The highest BCUT2D eigenvalue weighted by molar-refractivity contribution is 5.60. The van der Waals surface area contributed by atoms with Gasteiger partial charge in [0.1, 0.15) is 6.33 Å². The molecular weight excluding hydrogens is 502 g/mol. The van der Waals surface area contributed by atoms with Crippen LogP contribution in [0.3, 0.4) is 0 Å². The van der Waals surface area contributed by atoms with Gasteiger partial charge in [0.2, 0.25) is 17.8 Å². The van der Waals surface area contributed by atoms with E-state index in [1.165, 1.54) is 5.56 Å². The zero-order valence-corrected chi connectivity index (χ0v) is 22.8. The number of β-amino-alcohol motifs (C(OH)–C–C–N with tert-alkyl or cyclic N) is 1. The Hall–Kier alpha value is -4.31. The van der Waals surface area contributed by atoms with Crippen molar-refractivity contribution in [3.05, 3.63) is 84.4 Å². The van der Waals surface area contributed by atoms with E-state index >= 15 is 0 Å². The summed E-state index contributed by atoms with van der Waals surface area (Å²) in [7, 11) is 0. The van der Waals surface area contributed by atoms with Crippen molar-refractivity contribution < 1.29 is 5.11 Å². The molecule has 0 radical (unpaired) electrons. The van der Waals surface area contributed by atoms with Gasteiger partial charge in [-0.2, -0.15) is 4.98 Å². The molecule has 2 saturated heterocycles. The highest BCUT2D eigenvalue weighted by Gasteiger charge is 2.22. The fourth-order valence-electron chi connectivity index (χ4n) is 5.33. The number of aliphatic hydroxyl groups is 1. The quantitative estimate of drug-likeness (QED) is 0.361. The lowest BCUT2D eigenvalue weighted by Crippen LogP contribution is -2.47. The van der Waals surface area contributed by atoms with Crippen LogP contribution >= 0.6 is 0 Å². The molecule has 0 bridgehead atoms. The van der Waals surface area contributed by atoms with Gasteiger partial charge in [-0.25, -0.2) is 19.9 Å². The Morgan fingerprint density at radius 1 is 0.775 bits per heavy atom. The Balaban J connectivity index is 1.04. The predicted molar refractivity (Wildman–Crippen MR) is 157 cm³/mol. The van der Waals surface area contributed by atoms with Crippen molar-refractivity contribution in [1.29, 1.82) is 0 Å². The lowest BCUT2D eigenvalue weighted by Gasteiger charge is -2.34. The van der Waals surface area contributed by atoms with E-state index in [2.05, 4.69) is 88.3 Å². The first-order chi connectivity index (χ1) is 19.6. The standard InChI is InChI=1S/C30H35N9O/c1-22(23-6-3-2-4-7-23)24-18-31-29(32-19-24)37-14-16-38(17-15-37)30-34-21-33-28(36-30)35-25-9-11-26(12-10-25)39-13-5-8-27(40)20-39/h2-4,6-7,9-12,18-19,21-22,27,40H,5,8,13-17,20H2,1H3,(H,33,34,35,36). The second-order valence-electron chi connectivity index (χ2n) is 10.4. The van der Waals surface area contributed by atoms with Gasteiger partial charge in [-0.1, -0.05) is 37.3 Å². The molecule has 2 fully saturated rings. The number of hydrogen-bond acceptors (Lipinski definition) is 10. The Bertz CT molecular complexity index is 1380. The number of piperidine rings is 1. The topological polar surface area (TPSA) is 106 Å². The fourth-order valence-corrected chi connectivity index (χ4v) is 5.33. The van der Waals surface area contributed by atoms with Gasteiger partial charge >= 0.3 is 0 Å². The molecular formula is C30H35N9O. The monoisotopic (exact) mass is 537 g/mol. The van der Waals surface area contributed by atoms with Gasteiger partial charge in [0.15, 0.2) is 0 Å². The average Bonchev–Trinajstić information content (AvgIpc) is 3.02. The summed E-state index contributed by atoms with van der Waals surface area (Å²) in [5, 5.41) is 13.3. The third kappa shape index (κ3) is 5.96. The number of benzene rings is 2. The Morgan fingerprint density at radius 3 is 2.17 bits per heavy atom. The molecule has 2 unspecified atom stereocenters. The molecule has 10 nitrogen and oxygen atoms in total. The van der Waals surface area contributed by atoms with E-state index in [9.17, 15) is 5.11 Å². The average molecular weight is 538 g/mol. The molecule has 2 aromatic heterocycles. The number of nitrogens with one attached hydrogen (secondary N) is 1. The molecule has 40 heavy (non-hydrogen) atoms. The van der Waals surface area contributed by atoms with E-state index in [4.69, 9.17) is 0 Å². The summed E-state index contributed by atoms with van der Waals surface area (Å²) in [5.74, 6) is 2.17. The number of aromatic nitrogens is 5. The maximum Gasteiger partial charge on any atom is 0.231 e. The second-order valence-corrected chi connectivity index (χ2v) is 10.4. The number of hydrogen-bond donors (Lipinski definition) is 2. The van der Waals surface area contributed by atoms with Crippen molar-refractivity contribution >= 4 is 29.2 Å². The van der Waals surface area contributed by atoms with Gasteiger partial charge in [-0.15, -0.1) is 0 Å². The molecule has 0 aliphatic carbocycles. The molecule has 0 saturated carbocycles. The normalized spacial score (nSPS) is 18.4. The lowest BCUT2D eigenvalue weighted by molar-refractivity contribution is 0.154. The van der Waals surface area contributed by atoms with Gasteiger partial charge in [0.25, 0.3) is 0 Å². The number of anilines is 5. The number of aliphatic hydroxyl groups excluding tert-OH is 1. The van der Waals surface area contributed by atoms with E-state index in [1.807, 2.05) is 30.6 Å². The molecule has 2 aromatic carbocycles. The number of nitrogens with zero attached hydrogens (tertiary/aromatic N) is 8. The van der Waals surface area contributed by atoms with Crippen LogP contribution in [0.15, 0.2) is 73.3 Å². The molecule has 4 heterocycles. The van der Waals surface area contributed by atoms with Crippen LogP contribution < -0.4 is 20.0 Å². The minimum absolute atomic E-state index is 0.250. The first-order valence-electron chi connectivity index (χ1n) is 14.0. The predicted octanol–water partition coefficient (Wildman–Crippen LogP) is 3.84. The van der Waals surface area contributed by atoms with Gasteiger partial charge in [-0.05, 0) is 48.2 Å². The highest BCUT2D eigenvalue weighted by Crippen LogP contribution is 2.25. The second kappa shape index (κ2) is 11.8. The van der Waals surface area contributed by atoms with Gasteiger partial charge < -0.3 is 25.1 Å². The maximum atomic E-state index is 9.97. The first kappa shape index (κ1) is 25.9. The van der Waals surface area contributed by atoms with Crippen molar-refractivity contribution in [3.63, 3.8) is 0 Å². The van der Waals surface area contributed by atoms with Crippen molar-refractivity contribution in [2.75, 3.05) is 59.3 Å². The van der Waals surface area contributed by atoms with E-state index in [0.717, 1.165) is 68.5 Å². The number of piperazine rings is 1. The molecule has 2 aliphatic rings. The molecule has 206 valence electrons. The minimum atomic E-state index is -0.251. The van der Waals surface area contributed by atoms with Crippen LogP contribution in [0, 0.1) is 0 Å². The van der Waals surface area contributed by atoms with Gasteiger partial charge in [-0.3, -0.25) is 0 Å². The van der Waals surface area contributed by atoms with E-state index in [-0.39, 0.29) is 12.0 Å². The van der Waals surface area contributed by atoms with E-state index in [1.54, 1.807) is 6.33 Å². The molecule has 2 atom stereocenters. The van der Waals surface area contributed by atoms with Crippen LogP contribution in [0.5, 0.6) is 0 Å². The molecule has 2 N–H and O–H groups in total. The van der Waals surface area contributed by atoms with Gasteiger partial charge in [0, 0.05) is 69.0 Å². The zero-order valence-electron chi connectivity index (χ0n) is 22.8. The largest absolute Gasteiger partial charge is 0.391 e. The molecule has 4 aromatic rings. The lowest BCUT2D eigenvalue weighted by atomic mass is 9.96. The fraction of sp³-hybridized carbons (Fsp3) is 0.367. The summed E-state index contributed by atoms with van der Waals surface area (Å²) < 4.78 is 0. The molecule has 6 rings (SSSR count). The van der Waals surface area contributed by atoms with Crippen LogP contribution in [0.4, 0.5) is 29.2 Å². The van der Waals surface area contributed by atoms with Crippen molar-refractivity contribution in [2.45, 2.75) is 31.8 Å². The summed E-state index contributed by atoms with van der Waals surface area (Å²) in [6.07, 6.45) is 7.07.